The van der Waals surface area contributed by atoms with Gasteiger partial charge in [0.25, 0.3) is 0 Å². The lowest BCUT2D eigenvalue weighted by Crippen LogP contribution is -2.38. The zero-order valence-electron chi connectivity index (χ0n) is 16.1. The van der Waals surface area contributed by atoms with Gasteiger partial charge in [-0.05, 0) is 35.1 Å². The quantitative estimate of drug-likeness (QED) is 0.636. The third-order valence-electron chi connectivity index (χ3n) is 5.54. The van der Waals surface area contributed by atoms with Gasteiger partial charge in [0.2, 0.25) is 0 Å². The smallest absolute Gasteiger partial charge is 0.0570 e. The lowest BCUT2D eigenvalue weighted by Gasteiger charge is -2.37. The summed E-state index contributed by atoms with van der Waals surface area (Å²) in [6, 6.07) is 30.0. The highest BCUT2D eigenvalue weighted by molar-refractivity contribution is 5.63. The van der Waals surface area contributed by atoms with E-state index in [4.69, 9.17) is 0 Å². The molecule has 2 heteroatoms. The molecule has 0 aromatic heterocycles. The molecule has 0 bridgehead atoms. The van der Waals surface area contributed by atoms with Gasteiger partial charge in [0.05, 0.1) is 6.10 Å². The van der Waals surface area contributed by atoms with E-state index in [0.29, 0.717) is 0 Å². The molecule has 2 atom stereocenters. The number of aliphatic hydroxyl groups excluding tert-OH is 1. The van der Waals surface area contributed by atoms with E-state index in [1.165, 1.54) is 22.3 Å². The third kappa shape index (κ3) is 4.59. The predicted molar refractivity (Wildman–Crippen MR) is 117 cm³/mol. The summed E-state index contributed by atoms with van der Waals surface area (Å²) in [7, 11) is 0. The van der Waals surface area contributed by atoms with Crippen molar-refractivity contribution in [2.45, 2.75) is 25.0 Å². The fourth-order valence-electron chi connectivity index (χ4n) is 3.98. The molecule has 1 aliphatic rings. The van der Waals surface area contributed by atoms with Crippen LogP contribution in [0.3, 0.4) is 0 Å². The Hall–Kier alpha value is -2.68. The number of rotatable bonds is 5. The molecule has 1 aliphatic heterocycles. The van der Waals surface area contributed by atoms with Crippen molar-refractivity contribution >= 4 is 6.08 Å². The Morgan fingerprint density at radius 3 is 2.18 bits per heavy atom. The highest BCUT2D eigenvalue weighted by Gasteiger charge is 2.27. The Labute approximate surface area is 167 Å². The lowest BCUT2D eigenvalue weighted by molar-refractivity contribution is 0.0474. The highest BCUT2D eigenvalue weighted by Crippen LogP contribution is 2.32. The van der Waals surface area contributed by atoms with Crippen LogP contribution >= 0.6 is 0 Å². The largest absolute Gasteiger partial charge is 0.393 e. The van der Waals surface area contributed by atoms with Gasteiger partial charge in [-0.2, -0.15) is 0 Å². The second-order valence-electron chi connectivity index (χ2n) is 7.49. The van der Waals surface area contributed by atoms with Crippen molar-refractivity contribution in [1.82, 2.24) is 4.90 Å². The van der Waals surface area contributed by atoms with E-state index in [1.807, 2.05) is 12.1 Å². The Kier molecular flexibility index (Phi) is 6.01. The molecule has 0 radical (unpaired) electrons. The van der Waals surface area contributed by atoms with Crippen molar-refractivity contribution in [2.24, 2.45) is 0 Å². The maximum absolute atomic E-state index is 10.3. The van der Waals surface area contributed by atoms with Crippen molar-refractivity contribution in [1.29, 1.82) is 0 Å². The Morgan fingerprint density at radius 2 is 1.46 bits per heavy atom. The zero-order valence-corrected chi connectivity index (χ0v) is 16.1. The summed E-state index contributed by atoms with van der Waals surface area (Å²) in [5, 5.41) is 10.3. The number of likely N-dealkylation sites (tertiary alicyclic amines) is 1. The van der Waals surface area contributed by atoms with Gasteiger partial charge in [-0.25, -0.2) is 0 Å². The molecule has 0 amide bonds. The minimum atomic E-state index is -0.215. The monoisotopic (exact) mass is 369 g/mol. The van der Waals surface area contributed by atoms with Crippen LogP contribution in [0.15, 0.2) is 91.0 Å². The van der Waals surface area contributed by atoms with Gasteiger partial charge in [0.1, 0.15) is 0 Å². The van der Waals surface area contributed by atoms with Crippen LogP contribution < -0.4 is 0 Å². The molecule has 28 heavy (non-hydrogen) atoms. The molecule has 2 unspecified atom stereocenters. The summed E-state index contributed by atoms with van der Waals surface area (Å²) in [5.41, 5.74) is 4.98. The van der Waals surface area contributed by atoms with Crippen LogP contribution in [0.5, 0.6) is 0 Å². The van der Waals surface area contributed by atoms with Gasteiger partial charge in [-0.3, -0.25) is 4.90 Å². The summed E-state index contributed by atoms with van der Waals surface area (Å²) in [5.74, 6) is 0. The topological polar surface area (TPSA) is 23.5 Å². The average molecular weight is 370 g/mol. The standard InChI is InChI=1S/C26H27NO/c28-25-17-19-27(18-7-10-21-8-3-1-4-9-21)26(20-25)24-15-13-23(14-16-24)22-11-5-2-6-12-22/h1-16,25-26,28H,17-20H2/b10-7+. The Balaban J connectivity index is 1.49. The minimum Gasteiger partial charge on any atom is -0.393 e. The number of piperidine rings is 1. The van der Waals surface area contributed by atoms with E-state index >= 15 is 0 Å². The summed E-state index contributed by atoms with van der Waals surface area (Å²) in [6.07, 6.45) is 5.84. The van der Waals surface area contributed by atoms with Gasteiger partial charge < -0.3 is 5.11 Å². The van der Waals surface area contributed by atoms with E-state index in [0.717, 1.165) is 25.9 Å². The Morgan fingerprint density at radius 1 is 0.821 bits per heavy atom. The van der Waals surface area contributed by atoms with Gasteiger partial charge in [0.15, 0.2) is 0 Å². The first-order valence-electron chi connectivity index (χ1n) is 10.1. The molecular formula is C26H27NO. The molecule has 0 aliphatic carbocycles. The molecule has 2 nitrogen and oxygen atoms in total. The second-order valence-corrected chi connectivity index (χ2v) is 7.49. The van der Waals surface area contributed by atoms with Crippen LogP contribution in [-0.2, 0) is 0 Å². The van der Waals surface area contributed by atoms with Crippen molar-refractivity contribution < 1.29 is 5.11 Å². The Bertz CT molecular complexity index is 887. The molecule has 3 aromatic rings. The fraction of sp³-hybridized carbons (Fsp3) is 0.231. The lowest BCUT2D eigenvalue weighted by atomic mass is 9.92. The third-order valence-corrected chi connectivity index (χ3v) is 5.54. The first-order chi connectivity index (χ1) is 13.8. The molecular weight excluding hydrogens is 342 g/mol. The van der Waals surface area contributed by atoms with Crippen molar-refractivity contribution in [3.63, 3.8) is 0 Å². The van der Waals surface area contributed by atoms with E-state index in [2.05, 4.69) is 89.8 Å². The van der Waals surface area contributed by atoms with Crippen LogP contribution in [0, 0.1) is 0 Å². The van der Waals surface area contributed by atoms with Gasteiger partial charge in [-0.15, -0.1) is 0 Å². The fourth-order valence-corrected chi connectivity index (χ4v) is 3.98. The molecule has 1 fully saturated rings. The first kappa shape index (κ1) is 18.7. The summed E-state index contributed by atoms with van der Waals surface area (Å²) >= 11 is 0. The summed E-state index contributed by atoms with van der Waals surface area (Å²) in [6.45, 7) is 1.82. The maximum atomic E-state index is 10.3. The molecule has 1 N–H and O–H groups in total. The molecule has 4 rings (SSSR count). The van der Waals surface area contributed by atoms with Gasteiger partial charge in [-0.1, -0.05) is 97.1 Å². The number of nitrogens with zero attached hydrogens (tertiary/aromatic N) is 1. The summed E-state index contributed by atoms with van der Waals surface area (Å²) < 4.78 is 0. The zero-order chi connectivity index (χ0) is 19.2. The molecule has 1 saturated heterocycles. The first-order valence-corrected chi connectivity index (χ1v) is 10.1. The molecule has 0 saturated carbocycles. The molecule has 142 valence electrons. The van der Waals surface area contributed by atoms with Crippen molar-refractivity contribution in [3.8, 4) is 11.1 Å². The van der Waals surface area contributed by atoms with Gasteiger partial charge >= 0.3 is 0 Å². The van der Waals surface area contributed by atoms with E-state index in [9.17, 15) is 5.11 Å². The van der Waals surface area contributed by atoms with E-state index in [-0.39, 0.29) is 12.1 Å². The maximum Gasteiger partial charge on any atom is 0.0570 e. The van der Waals surface area contributed by atoms with Crippen LogP contribution in [0.2, 0.25) is 0 Å². The average Bonchev–Trinajstić information content (AvgIpc) is 2.76. The second kappa shape index (κ2) is 9.01. The van der Waals surface area contributed by atoms with Crippen LogP contribution in [0.4, 0.5) is 0 Å². The molecule has 1 heterocycles. The van der Waals surface area contributed by atoms with Crippen LogP contribution in [-0.4, -0.2) is 29.2 Å². The molecule has 0 spiro atoms. The van der Waals surface area contributed by atoms with Crippen molar-refractivity contribution in [2.75, 3.05) is 13.1 Å². The minimum absolute atomic E-state index is 0.215. The van der Waals surface area contributed by atoms with E-state index < -0.39 is 0 Å². The predicted octanol–water partition coefficient (Wildman–Crippen LogP) is 5.56. The van der Waals surface area contributed by atoms with Gasteiger partial charge in [0, 0.05) is 19.1 Å². The van der Waals surface area contributed by atoms with Crippen LogP contribution in [0.1, 0.15) is 30.0 Å². The summed E-state index contributed by atoms with van der Waals surface area (Å²) in [4.78, 5) is 2.48. The number of aliphatic hydroxyl groups is 1. The number of hydrogen-bond acceptors (Lipinski definition) is 2. The molecule has 3 aromatic carbocycles. The normalized spacial score (nSPS) is 20.5. The van der Waals surface area contributed by atoms with Crippen LogP contribution in [0.25, 0.3) is 17.2 Å². The SMILES string of the molecule is OC1CCN(C/C=C/c2ccccc2)C(c2ccc(-c3ccccc3)cc2)C1. The number of hydrogen-bond donors (Lipinski definition) is 1. The van der Waals surface area contributed by atoms with E-state index in [1.54, 1.807) is 0 Å². The van der Waals surface area contributed by atoms with Crippen molar-refractivity contribution in [3.05, 3.63) is 102 Å². The highest BCUT2D eigenvalue weighted by atomic mass is 16.3. The number of benzene rings is 3.